The molecule has 2 heteroatoms. The van der Waals surface area contributed by atoms with Crippen molar-refractivity contribution in [3.05, 3.63) is 59.7 Å². The molecule has 0 bridgehead atoms. The normalized spacial score (nSPS) is 10.2. The van der Waals surface area contributed by atoms with Crippen molar-refractivity contribution in [2.45, 2.75) is 13.3 Å². The van der Waals surface area contributed by atoms with Crippen molar-refractivity contribution < 1.29 is 4.74 Å². The monoisotopic (exact) mass is 227 g/mol. The lowest BCUT2D eigenvalue weighted by Crippen LogP contribution is -2.02. The lowest BCUT2D eigenvalue weighted by molar-refractivity contribution is 0.482. The van der Waals surface area contributed by atoms with Gasteiger partial charge in [-0.25, -0.2) is 0 Å². The molecule has 17 heavy (non-hydrogen) atoms. The molecule has 0 amide bonds. The highest BCUT2D eigenvalue weighted by molar-refractivity contribution is 5.35. The number of nitrogens with two attached hydrogens (primary N) is 1. The summed E-state index contributed by atoms with van der Waals surface area (Å²) < 4.78 is 5.78. The van der Waals surface area contributed by atoms with Gasteiger partial charge in [-0.15, -0.1) is 0 Å². The van der Waals surface area contributed by atoms with Crippen molar-refractivity contribution in [3.8, 4) is 11.5 Å². The molecule has 0 radical (unpaired) electrons. The van der Waals surface area contributed by atoms with Crippen LogP contribution < -0.4 is 10.5 Å². The van der Waals surface area contributed by atoms with Gasteiger partial charge in [0.1, 0.15) is 11.5 Å². The van der Waals surface area contributed by atoms with Gasteiger partial charge in [0, 0.05) is 0 Å². The summed E-state index contributed by atoms with van der Waals surface area (Å²) in [6, 6.07) is 16.1. The number of benzene rings is 2. The first-order valence-electron chi connectivity index (χ1n) is 5.81. The Kier molecular flexibility index (Phi) is 3.78. The van der Waals surface area contributed by atoms with Crippen LogP contribution in [0.2, 0.25) is 0 Å². The van der Waals surface area contributed by atoms with Gasteiger partial charge in [0.25, 0.3) is 0 Å². The van der Waals surface area contributed by atoms with Crippen LogP contribution in [0.5, 0.6) is 11.5 Å². The highest BCUT2D eigenvalue weighted by atomic mass is 16.5. The molecule has 0 saturated heterocycles. The lowest BCUT2D eigenvalue weighted by Gasteiger charge is -2.07. The Bertz CT molecular complexity index is 477. The van der Waals surface area contributed by atoms with Gasteiger partial charge in [-0.1, -0.05) is 29.8 Å². The van der Waals surface area contributed by atoms with Crippen LogP contribution in [0.3, 0.4) is 0 Å². The van der Waals surface area contributed by atoms with Crippen LogP contribution in [-0.2, 0) is 6.42 Å². The van der Waals surface area contributed by atoms with Gasteiger partial charge in [0.2, 0.25) is 0 Å². The van der Waals surface area contributed by atoms with Crippen LogP contribution in [0.1, 0.15) is 11.1 Å². The molecule has 0 atom stereocenters. The average molecular weight is 227 g/mol. The number of hydrogen-bond acceptors (Lipinski definition) is 2. The van der Waals surface area contributed by atoms with Crippen LogP contribution in [0.15, 0.2) is 48.5 Å². The van der Waals surface area contributed by atoms with Crippen molar-refractivity contribution in [3.63, 3.8) is 0 Å². The van der Waals surface area contributed by atoms with Crippen LogP contribution in [0.25, 0.3) is 0 Å². The molecule has 2 rings (SSSR count). The van der Waals surface area contributed by atoms with E-state index in [0.29, 0.717) is 6.54 Å². The molecule has 0 aliphatic carbocycles. The standard InChI is InChI=1S/C15H17NO/c1-12-5-7-14(8-6-12)17-15-4-2-3-13(11-15)9-10-16/h2-8,11H,9-10,16H2,1H3. The Hall–Kier alpha value is -1.80. The Morgan fingerprint density at radius 3 is 2.47 bits per heavy atom. The fraction of sp³-hybridized carbons (Fsp3) is 0.200. The lowest BCUT2D eigenvalue weighted by atomic mass is 10.1. The van der Waals surface area contributed by atoms with Crippen molar-refractivity contribution in [2.24, 2.45) is 5.73 Å². The molecule has 0 unspecified atom stereocenters. The third kappa shape index (κ3) is 3.33. The van der Waals surface area contributed by atoms with Crippen molar-refractivity contribution in [1.82, 2.24) is 0 Å². The van der Waals surface area contributed by atoms with E-state index in [-0.39, 0.29) is 0 Å². The highest BCUT2D eigenvalue weighted by Crippen LogP contribution is 2.22. The number of aryl methyl sites for hydroxylation is 1. The van der Waals surface area contributed by atoms with Crippen LogP contribution >= 0.6 is 0 Å². The van der Waals surface area contributed by atoms with Gasteiger partial charge in [0.15, 0.2) is 0 Å². The Balaban J connectivity index is 2.12. The molecular weight excluding hydrogens is 210 g/mol. The predicted molar refractivity (Wildman–Crippen MR) is 70.5 cm³/mol. The third-order valence-corrected chi connectivity index (χ3v) is 2.59. The Morgan fingerprint density at radius 2 is 1.76 bits per heavy atom. The summed E-state index contributed by atoms with van der Waals surface area (Å²) >= 11 is 0. The fourth-order valence-electron chi connectivity index (χ4n) is 1.67. The van der Waals surface area contributed by atoms with Gasteiger partial charge < -0.3 is 10.5 Å². The third-order valence-electron chi connectivity index (χ3n) is 2.59. The summed E-state index contributed by atoms with van der Waals surface area (Å²) in [5, 5.41) is 0. The minimum Gasteiger partial charge on any atom is -0.457 e. The number of hydrogen-bond donors (Lipinski definition) is 1. The minimum atomic E-state index is 0.661. The van der Waals surface area contributed by atoms with Gasteiger partial charge in [-0.2, -0.15) is 0 Å². The summed E-state index contributed by atoms with van der Waals surface area (Å²) in [4.78, 5) is 0. The van der Waals surface area contributed by atoms with E-state index in [1.165, 1.54) is 11.1 Å². The fourth-order valence-corrected chi connectivity index (χ4v) is 1.67. The van der Waals surface area contributed by atoms with E-state index in [0.717, 1.165) is 17.9 Å². The summed E-state index contributed by atoms with van der Waals surface area (Å²) in [6.45, 7) is 2.72. The quantitative estimate of drug-likeness (QED) is 0.869. The van der Waals surface area contributed by atoms with Crippen LogP contribution in [0.4, 0.5) is 0 Å². The smallest absolute Gasteiger partial charge is 0.127 e. The molecule has 0 heterocycles. The Morgan fingerprint density at radius 1 is 1.00 bits per heavy atom. The van der Waals surface area contributed by atoms with Crippen molar-refractivity contribution in [2.75, 3.05) is 6.54 Å². The second kappa shape index (κ2) is 5.51. The maximum Gasteiger partial charge on any atom is 0.127 e. The van der Waals surface area contributed by atoms with Crippen molar-refractivity contribution >= 4 is 0 Å². The summed E-state index contributed by atoms with van der Waals surface area (Å²) in [6.07, 6.45) is 0.880. The predicted octanol–water partition coefficient (Wildman–Crippen LogP) is 3.29. The summed E-state index contributed by atoms with van der Waals surface area (Å²) in [5.41, 5.74) is 7.98. The Labute approximate surface area is 102 Å². The molecular formula is C15H17NO. The second-order valence-corrected chi connectivity index (χ2v) is 4.10. The molecule has 88 valence electrons. The molecule has 0 aliphatic rings. The van der Waals surface area contributed by atoms with Crippen LogP contribution in [-0.4, -0.2) is 6.54 Å². The maximum atomic E-state index is 5.78. The average Bonchev–Trinajstić information content (AvgIpc) is 2.33. The van der Waals surface area contributed by atoms with E-state index in [1.54, 1.807) is 0 Å². The molecule has 0 aromatic heterocycles. The zero-order chi connectivity index (χ0) is 12.1. The van der Waals surface area contributed by atoms with E-state index < -0.39 is 0 Å². The summed E-state index contributed by atoms with van der Waals surface area (Å²) in [7, 11) is 0. The van der Waals surface area contributed by atoms with E-state index in [1.807, 2.05) is 42.5 Å². The van der Waals surface area contributed by atoms with E-state index in [4.69, 9.17) is 10.5 Å². The van der Waals surface area contributed by atoms with Crippen LogP contribution in [0, 0.1) is 6.92 Å². The number of ether oxygens (including phenoxy) is 1. The van der Waals surface area contributed by atoms with Gasteiger partial charge >= 0.3 is 0 Å². The maximum absolute atomic E-state index is 5.78. The van der Waals surface area contributed by atoms with Gasteiger partial charge in [-0.05, 0) is 49.7 Å². The molecule has 0 spiro atoms. The molecule has 2 aromatic rings. The minimum absolute atomic E-state index is 0.661. The van der Waals surface area contributed by atoms with Gasteiger partial charge in [-0.3, -0.25) is 0 Å². The number of rotatable bonds is 4. The van der Waals surface area contributed by atoms with E-state index in [9.17, 15) is 0 Å². The first-order chi connectivity index (χ1) is 8.28. The van der Waals surface area contributed by atoms with E-state index >= 15 is 0 Å². The van der Waals surface area contributed by atoms with E-state index in [2.05, 4.69) is 13.0 Å². The first kappa shape index (κ1) is 11.7. The highest BCUT2D eigenvalue weighted by Gasteiger charge is 1.98. The summed E-state index contributed by atoms with van der Waals surface area (Å²) in [5.74, 6) is 1.72. The molecule has 0 fully saturated rings. The largest absolute Gasteiger partial charge is 0.457 e. The molecule has 0 saturated carbocycles. The zero-order valence-electron chi connectivity index (χ0n) is 10.0. The topological polar surface area (TPSA) is 35.2 Å². The zero-order valence-corrected chi connectivity index (χ0v) is 10.0. The molecule has 2 nitrogen and oxygen atoms in total. The SMILES string of the molecule is Cc1ccc(Oc2cccc(CCN)c2)cc1. The van der Waals surface area contributed by atoms with Crippen molar-refractivity contribution in [1.29, 1.82) is 0 Å². The second-order valence-electron chi connectivity index (χ2n) is 4.10. The van der Waals surface area contributed by atoms with Gasteiger partial charge in [0.05, 0.1) is 0 Å². The molecule has 0 aliphatic heterocycles. The molecule has 2 N–H and O–H groups in total. The molecule has 2 aromatic carbocycles. The first-order valence-corrected chi connectivity index (χ1v) is 5.81.